The molecule has 0 aliphatic carbocycles. The first-order valence-electron chi connectivity index (χ1n) is 6.23. The van der Waals surface area contributed by atoms with Crippen molar-refractivity contribution in [1.82, 2.24) is 4.31 Å². The van der Waals surface area contributed by atoms with E-state index in [1.165, 1.54) is 10.4 Å². The fraction of sp³-hybridized carbons (Fsp3) is 0.583. The van der Waals surface area contributed by atoms with Gasteiger partial charge in [0, 0.05) is 26.3 Å². The average molecular weight is 319 g/mol. The van der Waals surface area contributed by atoms with E-state index < -0.39 is 16.0 Å². The molecule has 20 heavy (non-hydrogen) atoms. The zero-order chi connectivity index (χ0) is 14.9. The summed E-state index contributed by atoms with van der Waals surface area (Å²) in [5.74, 6) is -1.09. The number of carboxylic acids is 1. The number of sulfonamides is 1. The van der Waals surface area contributed by atoms with Gasteiger partial charge in [0.05, 0.1) is 0 Å². The number of nitrogens with zero attached hydrogens (tertiary/aromatic N) is 1. The highest BCUT2D eigenvalue weighted by molar-refractivity contribution is 7.91. The zero-order valence-electron chi connectivity index (χ0n) is 11.3. The molecule has 2 heterocycles. The smallest absolute Gasteiger partial charge is 0.346 e. The highest BCUT2D eigenvalue weighted by Crippen LogP contribution is 2.30. The molecular formula is C12H17NO5S2. The van der Waals surface area contributed by atoms with Crippen LogP contribution in [0.3, 0.4) is 0 Å². The second kappa shape index (κ2) is 5.80. The Kier molecular flexibility index (Phi) is 4.48. The quantitative estimate of drug-likeness (QED) is 0.910. The summed E-state index contributed by atoms with van der Waals surface area (Å²) in [5.41, 5.74) is 0.474. The summed E-state index contributed by atoms with van der Waals surface area (Å²) in [6.07, 6.45) is 1.32. The van der Waals surface area contributed by atoms with Crippen LogP contribution < -0.4 is 0 Å². The molecule has 0 bridgehead atoms. The summed E-state index contributed by atoms with van der Waals surface area (Å²) in [5, 5.41) is 9.02. The number of carbonyl (C=O) groups is 1. The van der Waals surface area contributed by atoms with Crippen molar-refractivity contribution in [1.29, 1.82) is 0 Å². The van der Waals surface area contributed by atoms with Crippen molar-refractivity contribution < 1.29 is 23.1 Å². The van der Waals surface area contributed by atoms with E-state index in [-0.39, 0.29) is 15.1 Å². The van der Waals surface area contributed by atoms with Crippen LogP contribution in [0.2, 0.25) is 0 Å². The second-order valence-electron chi connectivity index (χ2n) is 4.75. The van der Waals surface area contributed by atoms with Crippen LogP contribution in [-0.2, 0) is 14.8 Å². The van der Waals surface area contributed by atoms with Gasteiger partial charge in [-0.05, 0) is 31.4 Å². The standard InChI is InChI=1S/C12H17NO5S2/c1-8-7-10(19-11(8)12(14)15)20(16,17)13(2)9-3-5-18-6-4-9/h7,9H,3-6H2,1-2H3,(H,14,15). The second-order valence-corrected chi connectivity index (χ2v) is 8.02. The Morgan fingerprint density at radius 2 is 2.05 bits per heavy atom. The third kappa shape index (κ3) is 2.88. The fourth-order valence-corrected chi connectivity index (χ4v) is 5.16. The lowest BCUT2D eigenvalue weighted by Gasteiger charge is -2.29. The molecule has 0 unspecified atom stereocenters. The van der Waals surface area contributed by atoms with Crippen molar-refractivity contribution in [3.05, 3.63) is 16.5 Å². The lowest BCUT2D eigenvalue weighted by molar-refractivity contribution is 0.0632. The Labute approximate surface area is 122 Å². The fourth-order valence-electron chi connectivity index (χ4n) is 2.18. The summed E-state index contributed by atoms with van der Waals surface area (Å²) >= 11 is 0.806. The van der Waals surface area contributed by atoms with Gasteiger partial charge in [0.15, 0.2) is 0 Å². The van der Waals surface area contributed by atoms with Gasteiger partial charge in [0.2, 0.25) is 0 Å². The van der Waals surface area contributed by atoms with Crippen molar-refractivity contribution in [2.45, 2.75) is 30.0 Å². The van der Waals surface area contributed by atoms with Crippen molar-refractivity contribution in [2.75, 3.05) is 20.3 Å². The Balaban J connectivity index is 2.29. The van der Waals surface area contributed by atoms with Gasteiger partial charge in [-0.1, -0.05) is 0 Å². The molecule has 0 spiro atoms. The van der Waals surface area contributed by atoms with E-state index >= 15 is 0 Å². The SMILES string of the molecule is Cc1cc(S(=O)(=O)N(C)C2CCOCC2)sc1C(=O)O. The monoisotopic (exact) mass is 319 g/mol. The molecule has 8 heteroatoms. The molecule has 1 saturated heterocycles. The number of carboxylic acid groups (broad SMARTS) is 1. The molecule has 112 valence electrons. The molecule has 0 atom stereocenters. The van der Waals surface area contributed by atoms with Gasteiger partial charge in [-0.3, -0.25) is 0 Å². The highest BCUT2D eigenvalue weighted by atomic mass is 32.2. The molecule has 1 aromatic rings. The number of aryl methyl sites for hydroxylation is 1. The molecule has 0 aromatic carbocycles. The first kappa shape index (κ1) is 15.4. The van der Waals surface area contributed by atoms with E-state index in [9.17, 15) is 13.2 Å². The summed E-state index contributed by atoms with van der Waals surface area (Å²) in [6, 6.07) is 1.34. The number of hydrogen-bond donors (Lipinski definition) is 1. The minimum absolute atomic E-state index is 0.0731. The van der Waals surface area contributed by atoms with Gasteiger partial charge in [0.1, 0.15) is 9.09 Å². The maximum Gasteiger partial charge on any atom is 0.346 e. The predicted octanol–water partition coefficient (Wildman–Crippen LogP) is 1.55. The largest absolute Gasteiger partial charge is 0.477 e. The first-order chi connectivity index (χ1) is 9.34. The average Bonchev–Trinajstić information content (AvgIpc) is 2.82. The molecule has 1 aliphatic rings. The molecule has 0 radical (unpaired) electrons. The molecule has 1 aliphatic heterocycles. The first-order valence-corrected chi connectivity index (χ1v) is 8.49. The number of aromatic carboxylic acids is 1. The molecule has 0 amide bonds. The van der Waals surface area contributed by atoms with Crippen LogP contribution in [0.5, 0.6) is 0 Å². The normalized spacial score (nSPS) is 17.6. The van der Waals surface area contributed by atoms with Crippen LogP contribution in [0.1, 0.15) is 28.1 Å². The Hall–Kier alpha value is -0.960. The predicted molar refractivity (Wildman–Crippen MR) is 74.8 cm³/mol. The Bertz CT molecular complexity index is 601. The minimum Gasteiger partial charge on any atom is -0.477 e. The number of ether oxygens (including phenoxy) is 1. The van der Waals surface area contributed by atoms with Crippen LogP contribution in [0, 0.1) is 6.92 Å². The van der Waals surface area contributed by atoms with Crippen molar-refractivity contribution in [2.24, 2.45) is 0 Å². The Morgan fingerprint density at radius 1 is 1.45 bits per heavy atom. The molecule has 1 N–H and O–H groups in total. The van der Waals surface area contributed by atoms with E-state index in [0.29, 0.717) is 31.6 Å². The molecule has 6 nitrogen and oxygen atoms in total. The van der Waals surface area contributed by atoms with E-state index in [4.69, 9.17) is 9.84 Å². The summed E-state index contributed by atoms with van der Waals surface area (Å²) < 4.78 is 31.7. The number of thiophene rings is 1. The van der Waals surface area contributed by atoms with Gasteiger partial charge in [-0.2, -0.15) is 4.31 Å². The topological polar surface area (TPSA) is 83.9 Å². The lowest BCUT2D eigenvalue weighted by Crippen LogP contribution is -2.40. The van der Waals surface area contributed by atoms with Gasteiger partial charge in [-0.15, -0.1) is 11.3 Å². The van der Waals surface area contributed by atoms with E-state index in [0.717, 1.165) is 11.3 Å². The van der Waals surface area contributed by atoms with Crippen molar-refractivity contribution in [3.8, 4) is 0 Å². The van der Waals surface area contributed by atoms with Gasteiger partial charge in [0.25, 0.3) is 10.0 Å². The van der Waals surface area contributed by atoms with Crippen molar-refractivity contribution in [3.63, 3.8) is 0 Å². The third-order valence-corrected chi connectivity index (χ3v) is 7.01. The number of rotatable bonds is 4. The van der Waals surface area contributed by atoms with Crippen LogP contribution in [-0.4, -0.2) is 50.1 Å². The molecular weight excluding hydrogens is 302 g/mol. The maximum atomic E-state index is 12.5. The summed E-state index contributed by atoms with van der Waals surface area (Å²) in [7, 11) is -2.10. The van der Waals surface area contributed by atoms with E-state index in [1.807, 2.05) is 0 Å². The molecule has 2 rings (SSSR count). The maximum absolute atomic E-state index is 12.5. The molecule has 1 fully saturated rings. The van der Waals surface area contributed by atoms with Crippen molar-refractivity contribution >= 4 is 27.3 Å². The Morgan fingerprint density at radius 3 is 2.55 bits per heavy atom. The van der Waals surface area contributed by atoms with E-state index in [2.05, 4.69) is 0 Å². The lowest BCUT2D eigenvalue weighted by atomic mass is 10.1. The van der Waals surface area contributed by atoms with Crippen LogP contribution in [0.15, 0.2) is 10.3 Å². The minimum atomic E-state index is -3.64. The van der Waals surface area contributed by atoms with Gasteiger partial charge < -0.3 is 9.84 Å². The summed E-state index contributed by atoms with van der Waals surface area (Å²) in [6.45, 7) is 2.70. The molecule has 0 saturated carbocycles. The third-order valence-electron chi connectivity index (χ3n) is 3.43. The zero-order valence-corrected chi connectivity index (χ0v) is 13.0. The van der Waals surface area contributed by atoms with Crippen LogP contribution in [0.25, 0.3) is 0 Å². The summed E-state index contributed by atoms with van der Waals surface area (Å²) in [4.78, 5) is 11.1. The molecule has 1 aromatic heterocycles. The highest BCUT2D eigenvalue weighted by Gasteiger charge is 2.31. The van der Waals surface area contributed by atoms with Gasteiger partial charge in [-0.25, -0.2) is 13.2 Å². The van der Waals surface area contributed by atoms with E-state index in [1.54, 1.807) is 14.0 Å². The van der Waals surface area contributed by atoms with Gasteiger partial charge >= 0.3 is 5.97 Å². The van der Waals surface area contributed by atoms with Crippen LogP contribution in [0.4, 0.5) is 0 Å². The van der Waals surface area contributed by atoms with Crippen LogP contribution >= 0.6 is 11.3 Å². The number of hydrogen-bond acceptors (Lipinski definition) is 5.